The molecule has 0 spiro atoms. The van der Waals surface area contributed by atoms with Gasteiger partial charge in [-0.2, -0.15) is 0 Å². The zero-order valence-corrected chi connectivity index (χ0v) is 11.9. The first-order valence-corrected chi connectivity index (χ1v) is 7.65. The molecule has 0 radical (unpaired) electrons. The summed E-state index contributed by atoms with van der Waals surface area (Å²) < 4.78 is 0. The zero-order valence-electron chi connectivity index (χ0n) is 11.9. The Balaban J connectivity index is 1.68. The van der Waals surface area contributed by atoms with Crippen LogP contribution in [0.4, 0.5) is 0 Å². The number of hydrogen-bond donors (Lipinski definition) is 1. The van der Waals surface area contributed by atoms with Crippen LogP contribution in [0.3, 0.4) is 0 Å². The Bertz CT molecular complexity index is 223. The average Bonchev–Trinajstić information content (AvgIpc) is 3.05. The molecule has 0 aromatic rings. The molecular weight excluding hydrogens is 208 g/mol. The summed E-state index contributed by atoms with van der Waals surface area (Å²) in [6, 6.07) is 0.889. The summed E-state index contributed by atoms with van der Waals surface area (Å²) in [4.78, 5) is 2.75. The van der Waals surface area contributed by atoms with Gasteiger partial charge in [-0.3, -0.25) is 0 Å². The second kappa shape index (κ2) is 6.19. The van der Waals surface area contributed by atoms with Crippen molar-refractivity contribution in [2.45, 2.75) is 52.5 Å². The third-order valence-corrected chi connectivity index (χ3v) is 4.40. The zero-order chi connectivity index (χ0) is 12.3. The fourth-order valence-corrected chi connectivity index (χ4v) is 2.96. The summed E-state index contributed by atoms with van der Waals surface area (Å²) in [6.45, 7) is 12.0. The van der Waals surface area contributed by atoms with Crippen LogP contribution in [0.15, 0.2) is 0 Å². The molecule has 0 bridgehead atoms. The molecule has 17 heavy (non-hydrogen) atoms. The first-order chi connectivity index (χ1) is 8.20. The van der Waals surface area contributed by atoms with E-state index in [4.69, 9.17) is 0 Å². The van der Waals surface area contributed by atoms with Gasteiger partial charge in [0.05, 0.1) is 0 Å². The lowest BCUT2D eigenvalue weighted by Gasteiger charge is -2.44. The van der Waals surface area contributed by atoms with E-state index >= 15 is 0 Å². The maximum atomic E-state index is 3.64. The van der Waals surface area contributed by atoms with Gasteiger partial charge in [0, 0.05) is 12.6 Å². The third-order valence-electron chi connectivity index (χ3n) is 4.40. The summed E-state index contributed by atoms with van der Waals surface area (Å²) in [5.41, 5.74) is 0. The lowest BCUT2D eigenvalue weighted by atomic mass is 9.78. The quantitative estimate of drug-likeness (QED) is 0.699. The molecule has 2 fully saturated rings. The van der Waals surface area contributed by atoms with E-state index in [1.54, 1.807) is 0 Å². The van der Waals surface area contributed by atoms with Crippen molar-refractivity contribution in [2.24, 2.45) is 17.8 Å². The number of rotatable bonds is 8. The van der Waals surface area contributed by atoms with Crippen LogP contribution >= 0.6 is 0 Å². The lowest BCUT2D eigenvalue weighted by Crippen LogP contribution is -2.51. The standard InChI is InChI=1S/C15H30N2/c1-4-17(11-13-5-6-13)15-8-7-14(15)10-16-9-12(2)3/h12-16H,4-11H2,1-3H3. The molecule has 2 unspecified atom stereocenters. The minimum atomic E-state index is 0.780. The molecule has 2 heteroatoms. The molecule has 2 aliphatic rings. The van der Waals surface area contributed by atoms with Crippen LogP contribution in [0.5, 0.6) is 0 Å². The van der Waals surface area contributed by atoms with E-state index in [0.717, 1.165) is 23.8 Å². The molecule has 2 rings (SSSR count). The van der Waals surface area contributed by atoms with E-state index in [9.17, 15) is 0 Å². The van der Waals surface area contributed by atoms with Gasteiger partial charge in [0.15, 0.2) is 0 Å². The number of nitrogens with zero attached hydrogens (tertiary/aromatic N) is 1. The molecule has 0 aliphatic heterocycles. The van der Waals surface area contributed by atoms with Gasteiger partial charge < -0.3 is 10.2 Å². The van der Waals surface area contributed by atoms with Crippen molar-refractivity contribution in [3.05, 3.63) is 0 Å². The van der Waals surface area contributed by atoms with Crippen molar-refractivity contribution in [1.82, 2.24) is 10.2 Å². The Hall–Kier alpha value is -0.0800. The highest BCUT2D eigenvalue weighted by Crippen LogP contribution is 2.36. The highest BCUT2D eigenvalue weighted by molar-refractivity contribution is 4.91. The molecule has 0 amide bonds. The number of nitrogens with one attached hydrogen (secondary N) is 1. The highest BCUT2D eigenvalue weighted by atomic mass is 15.2. The van der Waals surface area contributed by atoms with Crippen LogP contribution < -0.4 is 5.32 Å². The SMILES string of the molecule is CCN(CC1CC1)C1CCC1CNCC(C)C. The van der Waals surface area contributed by atoms with E-state index in [0.29, 0.717) is 0 Å². The van der Waals surface area contributed by atoms with E-state index in [1.165, 1.54) is 51.9 Å². The van der Waals surface area contributed by atoms with Gasteiger partial charge in [0.2, 0.25) is 0 Å². The predicted molar refractivity (Wildman–Crippen MR) is 74.2 cm³/mol. The molecular formula is C15H30N2. The van der Waals surface area contributed by atoms with Gasteiger partial charge >= 0.3 is 0 Å². The Morgan fingerprint density at radius 1 is 1.18 bits per heavy atom. The molecule has 100 valence electrons. The Kier molecular flexibility index (Phi) is 4.87. The largest absolute Gasteiger partial charge is 0.316 e. The fraction of sp³-hybridized carbons (Fsp3) is 1.00. The number of hydrogen-bond acceptors (Lipinski definition) is 2. The van der Waals surface area contributed by atoms with Gasteiger partial charge in [0.25, 0.3) is 0 Å². The molecule has 0 aromatic heterocycles. The first-order valence-electron chi connectivity index (χ1n) is 7.65. The monoisotopic (exact) mass is 238 g/mol. The van der Waals surface area contributed by atoms with Crippen molar-refractivity contribution in [2.75, 3.05) is 26.2 Å². The molecule has 2 aliphatic carbocycles. The molecule has 1 N–H and O–H groups in total. The van der Waals surface area contributed by atoms with Gasteiger partial charge in [-0.25, -0.2) is 0 Å². The van der Waals surface area contributed by atoms with E-state index in [2.05, 4.69) is 31.0 Å². The van der Waals surface area contributed by atoms with Crippen LogP contribution in [0.2, 0.25) is 0 Å². The van der Waals surface area contributed by atoms with Crippen LogP contribution in [0.25, 0.3) is 0 Å². The smallest absolute Gasteiger partial charge is 0.0136 e. The summed E-state index contributed by atoms with van der Waals surface area (Å²) in [5.74, 6) is 2.74. The molecule has 0 aromatic carbocycles. The topological polar surface area (TPSA) is 15.3 Å². The molecule has 2 saturated carbocycles. The van der Waals surface area contributed by atoms with Gasteiger partial charge in [-0.1, -0.05) is 20.8 Å². The van der Waals surface area contributed by atoms with Crippen LogP contribution in [0, 0.1) is 17.8 Å². The summed E-state index contributed by atoms with van der Waals surface area (Å²) in [7, 11) is 0. The Labute approximate surface area is 107 Å². The molecule has 0 heterocycles. The second-order valence-corrected chi connectivity index (χ2v) is 6.49. The van der Waals surface area contributed by atoms with E-state index in [1.807, 2.05) is 0 Å². The van der Waals surface area contributed by atoms with Crippen molar-refractivity contribution >= 4 is 0 Å². The van der Waals surface area contributed by atoms with Crippen LogP contribution in [0.1, 0.15) is 46.5 Å². The summed E-state index contributed by atoms with van der Waals surface area (Å²) >= 11 is 0. The van der Waals surface area contributed by atoms with Crippen molar-refractivity contribution in [3.63, 3.8) is 0 Å². The van der Waals surface area contributed by atoms with Gasteiger partial charge in [0.1, 0.15) is 0 Å². The third kappa shape index (κ3) is 3.96. The van der Waals surface area contributed by atoms with Crippen molar-refractivity contribution in [3.8, 4) is 0 Å². The minimum absolute atomic E-state index is 0.780. The maximum absolute atomic E-state index is 3.64. The lowest BCUT2D eigenvalue weighted by molar-refractivity contribution is 0.0619. The van der Waals surface area contributed by atoms with Crippen molar-refractivity contribution in [1.29, 1.82) is 0 Å². The molecule has 2 nitrogen and oxygen atoms in total. The Morgan fingerprint density at radius 2 is 1.94 bits per heavy atom. The predicted octanol–water partition coefficient (Wildman–Crippen LogP) is 2.74. The molecule has 0 saturated heterocycles. The minimum Gasteiger partial charge on any atom is -0.316 e. The van der Waals surface area contributed by atoms with Gasteiger partial charge in [-0.05, 0) is 63.1 Å². The summed E-state index contributed by atoms with van der Waals surface area (Å²) in [5, 5.41) is 3.64. The van der Waals surface area contributed by atoms with Crippen molar-refractivity contribution < 1.29 is 0 Å². The van der Waals surface area contributed by atoms with E-state index < -0.39 is 0 Å². The maximum Gasteiger partial charge on any atom is 0.0136 e. The molecule has 2 atom stereocenters. The fourth-order valence-electron chi connectivity index (χ4n) is 2.96. The van der Waals surface area contributed by atoms with E-state index in [-0.39, 0.29) is 0 Å². The van der Waals surface area contributed by atoms with Crippen LogP contribution in [-0.2, 0) is 0 Å². The second-order valence-electron chi connectivity index (χ2n) is 6.49. The highest BCUT2D eigenvalue weighted by Gasteiger charge is 2.36. The first kappa shape index (κ1) is 13.4. The Morgan fingerprint density at radius 3 is 2.41 bits per heavy atom. The summed E-state index contributed by atoms with van der Waals surface area (Å²) in [6.07, 6.45) is 5.85. The normalized spacial score (nSPS) is 28.8. The van der Waals surface area contributed by atoms with Crippen LogP contribution in [-0.4, -0.2) is 37.1 Å². The average molecular weight is 238 g/mol. The van der Waals surface area contributed by atoms with Gasteiger partial charge in [-0.15, -0.1) is 0 Å².